The Morgan fingerprint density at radius 2 is 1.83 bits per heavy atom. The summed E-state index contributed by atoms with van der Waals surface area (Å²) in [7, 11) is -2.35. The Hall–Kier alpha value is -1.74. The van der Waals surface area contributed by atoms with Crippen LogP contribution in [0, 0.1) is 17.8 Å². The quantitative estimate of drug-likeness (QED) is 0.539. The first kappa shape index (κ1) is 18.6. The van der Waals surface area contributed by atoms with E-state index < -0.39 is 21.9 Å². The molecule has 0 aromatic heterocycles. The number of hydrogen-bond acceptors (Lipinski definition) is 7. The Bertz CT molecular complexity index is 637. The van der Waals surface area contributed by atoms with Crippen LogP contribution in [0.15, 0.2) is 12.2 Å². The van der Waals surface area contributed by atoms with Gasteiger partial charge in [-0.2, -0.15) is 8.42 Å². The average molecular weight is 359 g/mol. The molecule has 2 bridgehead atoms. The van der Waals surface area contributed by atoms with Crippen molar-refractivity contribution in [2.45, 2.75) is 32.1 Å². The van der Waals surface area contributed by atoms with Gasteiger partial charge in [0.25, 0.3) is 21.9 Å². The molecule has 8 nitrogen and oxygen atoms in total. The minimum atomic E-state index is -3.83. The topological polar surface area (TPSA) is 107 Å². The number of amides is 2. The zero-order chi connectivity index (χ0) is 17.9. The molecule has 0 aromatic carbocycles. The van der Waals surface area contributed by atoms with E-state index in [1.165, 1.54) is 32.8 Å². The van der Waals surface area contributed by atoms with Gasteiger partial charge in [0.2, 0.25) is 0 Å². The second-order valence-corrected chi connectivity index (χ2v) is 7.86. The van der Waals surface area contributed by atoms with Gasteiger partial charge in [0, 0.05) is 18.6 Å². The van der Waals surface area contributed by atoms with Crippen LogP contribution in [-0.2, 0) is 33.5 Å². The maximum atomic E-state index is 11.0. The number of carbonyl (C=O) groups is 3. The zero-order valence-electron chi connectivity index (χ0n) is 13.6. The molecule has 9 heteroatoms. The van der Waals surface area contributed by atoms with E-state index in [2.05, 4.69) is 9.02 Å². The van der Waals surface area contributed by atoms with Crippen molar-refractivity contribution in [3.8, 4) is 0 Å². The zero-order valence-corrected chi connectivity index (χ0v) is 14.5. The van der Waals surface area contributed by atoms with Crippen molar-refractivity contribution in [3.05, 3.63) is 12.2 Å². The number of imide groups is 1. The minimum Gasteiger partial charge on any atom is -0.469 e. The van der Waals surface area contributed by atoms with E-state index in [0.717, 1.165) is 30.2 Å². The van der Waals surface area contributed by atoms with Gasteiger partial charge in [-0.05, 0) is 37.0 Å². The first-order valence-corrected chi connectivity index (χ1v) is 9.53. The molecule has 3 aliphatic rings. The fraction of sp³-hybridized carbons (Fsp3) is 0.667. The molecule has 3 atom stereocenters. The highest BCUT2D eigenvalue weighted by molar-refractivity contribution is 7.85. The molecule has 24 heavy (non-hydrogen) atoms. The van der Waals surface area contributed by atoms with Crippen LogP contribution < -0.4 is 0 Å². The molecule has 1 aliphatic heterocycles. The van der Waals surface area contributed by atoms with E-state index in [4.69, 9.17) is 0 Å². The monoisotopic (exact) mass is 359 g/mol. The van der Waals surface area contributed by atoms with Crippen LogP contribution in [0.1, 0.15) is 32.1 Å². The number of carbonyl (C=O) groups excluding carboxylic acids is 3. The summed E-state index contributed by atoms with van der Waals surface area (Å²) in [6, 6.07) is 0. The van der Waals surface area contributed by atoms with Crippen LogP contribution in [0.5, 0.6) is 0 Å². The highest BCUT2D eigenvalue weighted by Crippen LogP contribution is 2.49. The lowest BCUT2D eigenvalue weighted by Crippen LogP contribution is -2.32. The van der Waals surface area contributed by atoms with Crippen LogP contribution in [-0.4, -0.2) is 44.6 Å². The molecule has 2 amide bonds. The molecule has 3 rings (SSSR count). The average Bonchev–Trinajstić information content (AvgIpc) is 3.19. The van der Waals surface area contributed by atoms with Crippen LogP contribution in [0.4, 0.5) is 0 Å². The fourth-order valence-corrected chi connectivity index (χ4v) is 3.94. The van der Waals surface area contributed by atoms with E-state index in [-0.39, 0.29) is 11.0 Å². The predicted molar refractivity (Wildman–Crippen MR) is 82.5 cm³/mol. The summed E-state index contributed by atoms with van der Waals surface area (Å²) in [5.74, 6) is 0.804. The Kier molecular flexibility index (Phi) is 5.76. The maximum absolute atomic E-state index is 11.0. The Labute approximate surface area is 140 Å². The molecule has 3 unspecified atom stereocenters. The summed E-state index contributed by atoms with van der Waals surface area (Å²) < 4.78 is 29.7. The van der Waals surface area contributed by atoms with Gasteiger partial charge in [0.15, 0.2) is 0 Å². The van der Waals surface area contributed by atoms with Gasteiger partial charge >= 0.3 is 5.97 Å². The fourth-order valence-electron chi connectivity index (χ4n) is 3.52. The van der Waals surface area contributed by atoms with E-state index in [1.54, 1.807) is 0 Å². The summed E-state index contributed by atoms with van der Waals surface area (Å²) in [5.41, 5.74) is 0. The highest BCUT2D eigenvalue weighted by Gasteiger charge is 2.40. The first-order chi connectivity index (χ1) is 11.2. The van der Waals surface area contributed by atoms with Gasteiger partial charge in [0.1, 0.15) is 0 Å². The number of fused-ring (bicyclic) bond motifs is 2. The maximum Gasteiger partial charge on any atom is 0.305 e. The normalized spacial score (nSPS) is 28.1. The van der Waals surface area contributed by atoms with Crippen LogP contribution >= 0.6 is 0 Å². The predicted octanol–water partition coefficient (Wildman–Crippen LogP) is 0.788. The molecular formula is C15H21NO7S. The molecule has 0 spiro atoms. The van der Waals surface area contributed by atoms with Crippen molar-refractivity contribution >= 4 is 27.9 Å². The molecule has 2 aliphatic carbocycles. The number of hydroxylamine groups is 2. The lowest BCUT2D eigenvalue weighted by atomic mass is 9.86. The number of esters is 1. The summed E-state index contributed by atoms with van der Waals surface area (Å²) in [4.78, 5) is 32.4. The summed E-state index contributed by atoms with van der Waals surface area (Å²) in [6.07, 6.45) is 8.67. The van der Waals surface area contributed by atoms with Gasteiger partial charge < -0.3 is 4.74 Å². The van der Waals surface area contributed by atoms with Crippen molar-refractivity contribution in [3.63, 3.8) is 0 Å². The summed E-state index contributed by atoms with van der Waals surface area (Å²) in [6.45, 7) is 0. The molecule has 0 radical (unpaired) electrons. The minimum absolute atomic E-state index is 0.0208. The molecule has 2 saturated carbocycles. The van der Waals surface area contributed by atoms with Gasteiger partial charge in [0.05, 0.1) is 13.4 Å². The second-order valence-electron chi connectivity index (χ2n) is 6.30. The molecule has 2 fully saturated rings. The van der Waals surface area contributed by atoms with Crippen molar-refractivity contribution in [1.29, 1.82) is 0 Å². The number of rotatable bonds is 4. The summed E-state index contributed by atoms with van der Waals surface area (Å²) in [5, 5.41) is 0.176. The molecule has 1 heterocycles. The van der Waals surface area contributed by atoms with Crippen molar-refractivity contribution in [2.24, 2.45) is 17.8 Å². The van der Waals surface area contributed by atoms with E-state index in [9.17, 15) is 22.8 Å². The van der Waals surface area contributed by atoms with Crippen molar-refractivity contribution < 1.29 is 31.8 Å². The number of ether oxygens (including phenoxy) is 1. The van der Waals surface area contributed by atoms with Crippen LogP contribution in [0.3, 0.4) is 0 Å². The molecule has 134 valence electrons. The SMILES string of the molecule is COC(=O)CC1CC2CCC1C2.CS(=O)(=O)ON1C(=O)C=CC1=O. The standard InChI is InChI=1S/C10H16O2.C5H5NO5S/c1-12-10(11)6-9-5-7-2-3-8(9)4-7;1-12(9,10)11-6-4(7)2-3-5(6)8/h7-9H,2-6H2,1H3;2-3H,1H3. The molecule has 0 saturated heterocycles. The molecular weight excluding hydrogens is 338 g/mol. The van der Waals surface area contributed by atoms with Crippen molar-refractivity contribution in [1.82, 2.24) is 5.06 Å². The third-order valence-electron chi connectivity index (χ3n) is 4.52. The lowest BCUT2D eigenvalue weighted by Gasteiger charge is -2.19. The number of methoxy groups -OCH3 is 1. The van der Waals surface area contributed by atoms with Crippen molar-refractivity contribution in [2.75, 3.05) is 13.4 Å². The van der Waals surface area contributed by atoms with Gasteiger partial charge in [-0.1, -0.05) is 6.42 Å². The van der Waals surface area contributed by atoms with Crippen LogP contribution in [0.25, 0.3) is 0 Å². The van der Waals surface area contributed by atoms with Crippen LogP contribution in [0.2, 0.25) is 0 Å². The van der Waals surface area contributed by atoms with Gasteiger partial charge in [-0.25, -0.2) is 0 Å². The first-order valence-electron chi connectivity index (χ1n) is 7.72. The van der Waals surface area contributed by atoms with E-state index in [1.807, 2.05) is 0 Å². The van der Waals surface area contributed by atoms with E-state index in [0.29, 0.717) is 12.3 Å². The Morgan fingerprint density at radius 1 is 1.21 bits per heavy atom. The molecule has 0 aromatic rings. The smallest absolute Gasteiger partial charge is 0.305 e. The Balaban J connectivity index is 0.000000174. The number of nitrogens with zero attached hydrogens (tertiary/aromatic N) is 1. The van der Waals surface area contributed by atoms with Gasteiger partial charge in [-0.15, -0.1) is 9.35 Å². The second kappa shape index (κ2) is 7.43. The third kappa shape index (κ3) is 4.88. The highest BCUT2D eigenvalue weighted by atomic mass is 32.2. The largest absolute Gasteiger partial charge is 0.469 e. The molecule has 0 N–H and O–H groups in total. The van der Waals surface area contributed by atoms with E-state index >= 15 is 0 Å². The third-order valence-corrected chi connectivity index (χ3v) is 4.94. The number of hydrogen-bond donors (Lipinski definition) is 0. The lowest BCUT2D eigenvalue weighted by molar-refractivity contribution is -0.161. The summed E-state index contributed by atoms with van der Waals surface area (Å²) >= 11 is 0. The Morgan fingerprint density at radius 3 is 2.25 bits per heavy atom. The van der Waals surface area contributed by atoms with Gasteiger partial charge in [-0.3, -0.25) is 14.4 Å².